The van der Waals surface area contributed by atoms with Crippen molar-refractivity contribution in [2.45, 2.75) is 49.6 Å². The van der Waals surface area contributed by atoms with Crippen molar-refractivity contribution in [3.63, 3.8) is 0 Å². The quantitative estimate of drug-likeness (QED) is 0.583. The van der Waals surface area contributed by atoms with Crippen LogP contribution in [-0.2, 0) is 14.3 Å². The predicted octanol–water partition coefficient (Wildman–Crippen LogP) is 2.47. The number of nitrogens with one attached hydrogen (secondary N) is 1. The molecule has 0 spiro atoms. The van der Waals surface area contributed by atoms with E-state index in [2.05, 4.69) is 5.32 Å². The first-order chi connectivity index (χ1) is 12.4. The first-order valence-corrected chi connectivity index (χ1v) is 9.80. The number of ether oxygens (including phenoxy) is 1. The minimum atomic E-state index is -0.857. The fraction of sp³-hybridized carbons (Fsp3) is 0.526. The number of thioether (sulfide) groups is 1. The lowest BCUT2D eigenvalue weighted by Crippen LogP contribution is -2.40. The molecular formula is C19H26N2O4S. The largest absolute Gasteiger partial charge is 0.449 e. The Morgan fingerprint density at radius 1 is 1.23 bits per heavy atom. The van der Waals surface area contributed by atoms with Gasteiger partial charge in [0.25, 0.3) is 5.91 Å². The summed E-state index contributed by atoms with van der Waals surface area (Å²) < 4.78 is 5.34. The number of benzene rings is 1. The summed E-state index contributed by atoms with van der Waals surface area (Å²) in [5, 5.41) is 2.93. The molecular weight excluding hydrogens is 352 g/mol. The SMILES string of the molecule is C[C@@H](OC(=O)c1ccccc1SCC(=O)N(C)C)C(=O)NC1CCCC1. The van der Waals surface area contributed by atoms with E-state index in [9.17, 15) is 14.4 Å². The molecule has 2 rings (SSSR count). The van der Waals surface area contributed by atoms with Gasteiger partial charge in [0.15, 0.2) is 6.10 Å². The molecule has 1 atom stereocenters. The molecule has 26 heavy (non-hydrogen) atoms. The highest BCUT2D eigenvalue weighted by Crippen LogP contribution is 2.24. The summed E-state index contributed by atoms with van der Waals surface area (Å²) in [6.07, 6.45) is 3.34. The molecule has 0 heterocycles. The number of rotatable bonds is 7. The van der Waals surface area contributed by atoms with Crippen molar-refractivity contribution in [2.24, 2.45) is 0 Å². The van der Waals surface area contributed by atoms with Gasteiger partial charge in [0.1, 0.15) is 0 Å². The van der Waals surface area contributed by atoms with Gasteiger partial charge in [-0.3, -0.25) is 9.59 Å². The molecule has 1 aromatic rings. The van der Waals surface area contributed by atoms with Gasteiger partial charge in [0.05, 0.1) is 11.3 Å². The van der Waals surface area contributed by atoms with Gasteiger partial charge in [-0.1, -0.05) is 25.0 Å². The Hall–Kier alpha value is -2.02. The van der Waals surface area contributed by atoms with Crippen LogP contribution >= 0.6 is 11.8 Å². The highest BCUT2D eigenvalue weighted by atomic mass is 32.2. The third kappa shape index (κ3) is 5.76. The van der Waals surface area contributed by atoms with Gasteiger partial charge >= 0.3 is 5.97 Å². The summed E-state index contributed by atoms with van der Waals surface area (Å²) in [7, 11) is 3.38. The maximum absolute atomic E-state index is 12.5. The Labute approximate surface area is 158 Å². The van der Waals surface area contributed by atoms with E-state index in [1.165, 1.54) is 16.7 Å². The van der Waals surface area contributed by atoms with Gasteiger partial charge in [-0.05, 0) is 31.9 Å². The zero-order chi connectivity index (χ0) is 19.1. The molecule has 0 bridgehead atoms. The molecule has 1 aromatic carbocycles. The van der Waals surface area contributed by atoms with Gasteiger partial charge in [-0.2, -0.15) is 0 Å². The van der Waals surface area contributed by atoms with Crippen molar-refractivity contribution < 1.29 is 19.1 Å². The molecule has 0 radical (unpaired) electrons. The number of carbonyl (C=O) groups is 3. The van der Waals surface area contributed by atoms with Crippen LogP contribution in [0.3, 0.4) is 0 Å². The summed E-state index contributed by atoms with van der Waals surface area (Å²) in [4.78, 5) is 38.6. The van der Waals surface area contributed by atoms with E-state index < -0.39 is 12.1 Å². The van der Waals surface area contributed by atoms with E-state index in [0.717, 1.165) is 25.7 Å². The Bertz CT molecular complexity index is 657. The van der Waals surface area contributed by atoms with Crippen LogP contribution in [0.2, 0.25) is 0 Å². The highest BCUT2D eigenvalue weighted by molar-refractivity contribution is 8.00. The molecule has 7 heteroatoms. The zero-order valence-corrected chi connectivity index (χ0v) is 16.3. The number of esters is 1. The Kier molecular flexibility index (Phi) is 7.50. The highest BCUT2D eigenvalue weighted by Gasteiger charge is 2.24. The maximum Gasteiger partial charge on any atom is 0.340 e. The Morgan fingerprint density at radius 2 is 1.88 bits per heavy atom. The van der Waals surface area contributed by atoms with E-state index in [1.807, 2.05) is 0 Å². The lowest BCUT2D eigenvalue weighted by atomic mass is 10.2. The molecule has 1 aliphatic carbocycles. The smallest absolute Gasteiger partial charge is 0.340 e. The van der Waals surface area contributed by atoms with Crippen molar-refractivity contribution in [2.75, 3.05) is 19.8 Å². The average Bonchev–Trinajstić information content (AvgIpc) is 3.12. The molecule has 1 fully saturated rings. The summed E-state index contributed by atoms with van der Waals surface area (Å²) in [5.74, 6) is -0.630. The van der Waals surface area contributed by atoms with Crippen LogP contribution in [0, 0.1) is 0 Å². The first kappa shape index (κ1) is 20.3. The molecule has 1 aliphatic rings. The number of nitrogens with zero attached hydrogens (tertiary/aromatic N) is 1. The van der Waals surface area contributed by atoms with Crippen molar-refractivity contribution in [1.29, 1.82) is 0 Å². The van der Waals surface area contributed by atoms with E-state index in [4.69, 9.17) is 4.74 Å². The third-order valence-electron chi connectivity index (χ3n) is 4.31. The first-order valence-electron chi connectivity index (χ1n) is 8.82. The second-order valence-corrected chi connectivity index (χ2v) is 7.63. The molecule has 142 valence electrons. The monoisotopic (exact) mass is 378 g/mol. The lowest BCUT2D eigenvalue weighted by molar-refractivity contribution is -0.129. The number of amides is 2. The molecule has 0 unspecified atom stereocenters. The second kappa shape index (κ2) is 9.62. The maximum atomic E-state index is 12.5. The van der Waals surface area contributed by atoms with E-state index in [1.54, 1.807) is 45.3 Å². The average molecular weight is 378 g/mol. The molecule has 1 N–H and O–H groups in total. The fourth-order valence-electron chi connectivity index (χ4n) is 2.70. The summed E-state index contributed by atoms with van der Waals surface area (Å²) in [6.45, 7) is 1.58. The third-order valence-corrected chi connectivity index (χ3v) is 5.37. The van der Waals surface area contributed by atoms with Crippen molar-refractivity contribution in [3.8, 4) is 0 Å². The van der Waals surface area contributed by atoms with E-state index in [-0.39, 0.29) is 23.6 Å². The predicted molar refractivity (Wildman–Crippen MR) is 101 cm³/mol. The summed E-state index contributed by atoms with van der Waals surface area (Å²) >= 11 is 1.28. The van der Waals surface area contributed by atoms with Crippen LogP contribution < -0.4 is 5.32 Å². The number of hydrogen-bond acceptors (Lipinski definition) is 5. The van der Waals surface area contributed by atoms with Gasteiger partial charge in [-0.25, -0.2) is 4.79 Å². The fourth-order valence-corrected chi connectivity index (χ4v) is 3.71. The van der Waals surface area contributed by atoms with Crippen LogP contribution in [0.15, 0.2) is 29.2 Å². The number of hydrogen-bond donors (Lipinski definition) is 1. The van der Waals surface area contributed by atoms with Crippen LogP contribution in [0.25, 0.3) is 0 Å². The van der Waals surface area contributed by atoms with Gasteiger partial charge < -0.3 is 15.0 Å². The number of carbonyl (C=O) groups excluding carboxylic acids is 3. The standard InChI is InChI=1S/C19H26N2O4S/c1-13(18(23)20-14-8-4-5-9-14)25-19(24)15-10-6-7-11-16(15)26-12-17(22)21(2)3/h6-7,10-11,13-14H,4-5,8-9,12H2,1-3H3,(H,20,23)/t13-/m1/s1. The normalized spacial score (nSPS) is 15.3. The van der Waals surface area contributed by atoms with E-state index >= 15 is 0 Å². The molecule has 0 aliphatic heterocycles. The molecule has 0 aromatic heterocycles. The Balaban J connectivity index is 1.95. The molecule has 0 saturated heterocycles. The van der Waals surface area contributed by atoms with Gasteiger partial charge in [0, 0.05) is 25.0 Å². The van der Waals surface area contributed by atoms with Crippen LogP contribution in [-0.4, -0.2) is 54.7 Å². The molecule has 1 saturated carbocycles. The van der Waals surface area contributed by atoms with Crippen molar-refractivity contribution in [3.05, 3.63) is 29.8 Å². The minimum Gasteiger partial charge on any atom is -0.449 e. The topological polar surface area (TPSA) is 75.7 Å². The van der Waals surface area contributed by atoms with Crippen LogP contribution in [0.4, 0.5) is 0 Å². The van der Waals surface area contributed by atoms with E-state index in [0.29, 0.717) is 10.5 Å². The lowest BCUT2D eigenvalue weighted by Gasteiger charge is -2.18. The van der Waals surface area contributed by atoms with Gasteiger partial charge in [-0.15, -0.1) is 11.8 Å². The van der Waals surface area contributed by atoms with Gasteiger partial charge in [0.2, 0.25) is 5.91 Å². The Morgan fingerprint density at radius 3 is 2.54 bits per heavy atom. The molecule has 2 amide bonds. The summed E-state index contributed by atoms with van der Waals surface area (Å²) in [5.41, 5.74) is 0.365. The molecule has 6 nitrogen and oxygen atoms in total. The summed E-state index contributed by atoms with van der Waals surface area (Å²) in [6, 6.07) is 7.14. The zero-order valence-electron chi connectivity index (χ0n) is 15.5. The van der Waals surface area contributed by atoms with Crippen LogP contribution in [0.1, 0.15) is 43.0 Å². The van der Waals surface area contributed by atoms with Crippen molar-refractivity contribution in [1.82, 2.24) is 10.2 Å². The van der Waals surface area contributed by atoms with Crippen molar-refractivity contribution >= 4 is 29.5 Å². The second-order valence-electron chi connectivity index (χ2n) is 6.61. The van der Waals surface area contributed by atoms with Crippen LogP contribution in [0.5, 0.6) is 0 Å². The minimum absolute atomic E-state index is 0.0394.